The van der Waals surface area contributed by atoms with Crippen LogP contribution in [0.3, 0.4) is 0 Å². The van der Waals surface area contributed by atoms with Crippen LogP contribution in [0.25, 0.3) is 0 Å². The van der Waals surface area contributed by atoms with Crippen LogP contribution in [-0.2, 0) is 20.9 Å². The highest BCUT2D eigenvalue weighted by Crippen LogP contribution is 2.28. The topological polar surface area (TPSA) is 85.5 Å². The predicted octanol–water partition coefficient (Wildman–Crippen LogP) is 1.99. The third-order valence-corrected chi connectivity index (χ3v) is 4.66. The van der Waals surface area contributed by atoms with E-state index in [9.17, 15) is 9.59 Å². The molecule has 0 bridgehead atoms. The summed E-state index contributed by atoms with van der Waals surface area (Å²) in [4.78, 5) is 30.3. The first-order chi connectivity index (χ1) is 11.1. The summed E-state index contributed by atoms with van der Waals surface area (Å²) >= 11 is 0. The zero-order valence-electron chi connectivity index (χ0n) is 13.5. The number of rotatable bonds is 4. The molecule has 1 aromatic rings. The summed E-state index contributed by atoms with van der Waals surface area (Å²) in [6, 6.07) is 0.293. The number of likely N-dealkylation sites (tertiary alicyclic amines) is 1. The molecule has 1 saturated carbocycles. The molecule has 1 aliphatic carbocycles. The summed E-state index contributed by atoms with van der Waals surface area (Å²) < 4.78 is 10.1. The molecular weight excluding hydrogens is 298 g/mol. The summed E-state index contributed by atoms with van der Waals surface area (Å²) in [6.45, 7) is 2.15. The first kappa shape index (κ1) is 16.0. The van der Waals surface area contributed by atoms with Gasteiger partial charge in [-0.25, -0.2) is 0 Å². The van der Waals surface area contributed by atoms with Gasteiger partial charge in [0.15, 0.2) is 12.4 Å². The van der Waals surface area contributed by atoms with E-state index in [-0.39, 0.29) is 36.7 Å². The van der Waals surface area contributed by atoms with Gasteiger partial charge in [-0.15, -0.1) is 0 Å². The van der Waals surface area contributed by atoms with E-state index >= 15 is 0 Å². The van der Waals surface area contributed by atoms with Crippen LogP contribution >= 0.6 is 0 Å². The molecule has 1 aliphatic heterocycles. The Labute approximate surface area is 135 Å². The van der Waals surface area contributed by atoms with Crippen molar-refractivity contribution in [1.82, 2.24) is 15.0 Å². The molecule has 0 N–H and O–H groups in total. The SMILES string of the molecule is Cc1noc(COC(=O)C2CC(=O)N(C3CCCCCC3)C2)n1. The van der Waals surface area contributed by atoms with Crippen LogP contribution in [0.4, 0.5) is 0 Å². The zero-order chi connectivity index (χ0) is 16.2. The summed E-state index contributed by atoms with van der Waals surface area (Å²) in [7, 11) is 0. The van der Waals surface area contributed by atoms with Crippen LogP contribution in [0.1, 0.15) is 56.7 Å². The molecule has 1 amide bonds. The van der Waals surface area contributed by atoms with Crippen molar-refractivity contribution >= 4 is 11.9 Å². The molecule has 2 heterocycles. The lowest BCUT2D eigenvalue weighted by Gasteiger charge is -2.27. The second-order valence-corrected chi connectivity index (χ2v) is 6.44. The van der Waals surface area contributed by atoms with E-state index in [1.54, 1.807) is 6.92 Å². The molecule has 1 atom stereocenters. The van der Waals surface area contributed by atoms with Crippen molar-refractivity contribution in [2.75, 3.05) is 6.54 Å². The Morgan fingerprint density at radius 1 is 1.30 bits per heavy atom. The van der Waals surface area contributed by atoms with Crippen LogP contribution in [0.2, 0.25) is 0 Å². The maximum atomic E-state index is 12.3. The second kappa shape index (κ2) is 7.10. The van der Waals surface area contributed by atoms with Gasteiger partial charge in [0.2, 0.25) is 5.91 Å². The smallest absolute Gasteiger partial charge is 0.311 e. The van der Waals surface area contributed by atoms with Crippen molar-refractivity contribution in [2.24, 2.45) is 5.92 Å². The number of esters is 1. The quantitative estimate of drug-likeness (QED) is 0.623. The van der Waals surface area contributed by atoms with Gasteiger partial charge in [0.1, 0.15) is 0 Å². The normalized spacial score (nSPS) is 23.1. The third kappa shape index (κ3) is 3.89. The fourth-order valence-electron chi connectivity index (χ4n) is 3.46. The Morgan fingerprint density at radius 2 is 2.04 bits per heavy atom. The molecule has 7 nitrogen and oxygen atoms in total. The first-order valence-corrected chi connectivity index (χ1v) is 8.39. The minimum atomic E-state index is -0.380. The molecule has 1 saturated heterocycles. The number of ether oxygens (including phenoxy) is 1. The van der Waals surface area contributed by atoms with Crippen molar-refractivity contribution in [3.05, 3.63) is 11.7 Å². The van der Waals surface area contributed by atoms with Crippen LogP contribution in [-0.4, -0.2) is 39.5 Å². The Balaban J connectivity index is 1.52. The van der Waals surface area contributed by atoms with E-state index in [0.29, 0.717) is 18.4 Å². The molecule has 0 aromatic carbocycles. The molecule has 1 aromatic heterocycles. The van der Waals surface area contributed by atoms with Gasteiger partial charge in [0.05, 0.1) is 5.92 Å². The van der Waals surface area contributed by atoms with Gasteiger partial charge >= 0.3 is 5.97 Å². The number of amides is 1. The number of carbonyl (C=O) groups is 2. The lowest BCUT2D eigenvalue weighted by atomic mass is 10.1. The average Bonchev–Trinajstić information content (AvgIpc) is 3.01. The summed E-state index contributed by atoms with van der Waals surface area (Å²) in [5.41, 5.74) is 0. The predicted molar refractivity (Wildman–Crippen MR) is 80.1 cm³/mol. The lowest BCUT2D eigenvalue weighted by Crippen LogP contribution is -2.36. The maximum Gasteiger partial charge on any atom is 0.311 e. The second-order valence-electron chi connectivity index (χ2n) is 6.44. The minimum absolute atomic E-state index is 0.0339. The van der Waals surface area contributed by atoms with E-state index < -0.39 is 0 Å². The Kier molecular flexibility index (Phi) is 4.93. The standard InChI is InChI=1S/C16H23N3O4/c1-11-17-14(23-18-11)10-22-16(21)12-8-15(20)19(9-12)13-6-4-2-3-5-7-13/h12-13H,2-10H2,1H3. The fourth-order valence-corrected chi connectivity index (χ4v) is 3.46. The van der Waals surface area contributed by atoms with Crippen molar-refractivity contribution in [3.63, 3.8) is 0 Å². The van der Waals surface area contributed by atoms with Gasteiger partial charge in [-0.05, 0) is 19.8 Å². The number of hydrogen-bond acceptors (Lipinski definition) is 6. The van der Waals surface area contributed by atoms with Gasteiger partial charge in [-0.3, -0.25) is 9.59 Å². The fraction of sp³-hybridized carbons (Fsp3) is 0.750. The molecule has 0 radical (unpaired) electrons. The molecule has 23 heavy (non-hydrogen) atoms. The van der Waals surface area contributed by atoms with E-state index in [4.69, 9.17) is 9.26 Å². The number of nitrogens with zero attached hydrogens (tertiary/aromatic N) is 3. The van der Waals surface area contributed by atoms with Gasteiger partial charge < -0.3 is 14.2 Å². The van der Waals surface area contributed by atoms with Crippen LogP contribution in [0.5, 0.6) is 0 Å². The first-order valence-electron chi connectivity index (χ1n) is 8.39. The number of hydrogen-bond donors (Lipinski definition) is 0. The molecule has 2 fully saturated rings. The average molecular weight is 321 g/mol. The van der Waals surface area contributed by atoms with Gasteiger partial charge in [0.25, 0.3) is 5.89 Å². The van der Waals surface area contributed by atoms with Crippen molar-refractivity contribution in [3.8, 4) is 0 Å². The number of carbonyl (C=O) groups excluding carboxylic acids is 2. The van der Waals surface area contributed by atoms with Gasteiger partial charge in [0, 0.05) is 19.0 Å². The van der Waals surface area contributed by atoms with Crippen molar-refractivity contribution < 1.29 is 18.8 Å². The summed E-state index contributed by atoms with van der Waals surface area (Å²) in [6.07, 6.45) is 7.17. The van der Waals surface area contributed by atoms with Crippen LogP contribution in [0, 0.1) is 12.8 Å². The zero-order valence-corrected chi connectivity index (χ0v) is 13.5. The van der Waals surface area contributed by atoms with Crippen molar-refractivity contribution in [2.45, 2.75) is 64.5 Å². The molecule has 1 unspecified atom stereocenters. The largest absolute Gasteiger partial charge is 0.455 e. The monoisotopic (exact) mass is 321 g/mol. The molecular formula is C16H23N3O4. The molecule has 2 aliphatic rings. The maximum absolute atomic E-state index is 12.3. The highest BCUT2D eigenvalue weighted by molar-refractivity contribution is 5.87. The third-order valence-electron chi connectivity index (χ3n) is 4.66. The highest BCUT2D eigenvalue weighted by Gasteiger charge is 2.38. The van der Waals surface area contributed by atoms with Gasteiger partial charge in [-0.2, -0.15) is 4.98 Å². The van der Waals surface area contributed by atoms with Crippen molar-refractivity contribution in [1.29, 1.82) is 0 Å². The lowest BCUT2D eigenvalue weighted by molar-refractivity contribution is -0.150. The highest BCUT2D eigenvalue weighted by atomic mass is 16.6. The van der Waals surface area contributed by atoms with E-state index in [1.807, 2.05) is 4.90 Å². The minimum Gasteiger partial charge on any atom is -0.455 e. The van der Waals surface area contributed by atoms with E-state index in [1.165, 1.54) is 25.7 Å². The van der Waals surface area contributed by atoms with Crippen LogP contribution < -0.4 is 0 Å². The van der Waals surface area contributed by atoms with E-state index in [2.05, 4.69) is 10.1 Å². The molecule has 7 heteroatoms. The summed E-state index contributed by atoms with van der Waals surface area (Å²) in [5, 5.41) is 3.65. The number of aromatic nitrogens is 2. The molecule has 3 rings (SSSR count). The van der Waals surface area contributed by atoms with E-state index in [0.717, 1.165) is 12.8 Å². The Bertz CT molecular complexity index is 563. The van der Waals surface area contributed by atoms with Gasteiger partial charge in [-0.1, -0.05) is 30.8 Å². The number of aryl methyl sites for hydroxylation is 1. The molecule has 0 spiro atoms. The molecule has 126 valence electrons. The summed E-state index contributed by atoms with van der Waals surface area (Å²) in [5.74, 6) is 0.125. The Hall–Kier alpha value is -1.92. The van der Waals surface area contributed by atoms with Crippen LogP contribution in [0.15, 0.2) is 4.52 Å². The Morgan fingerprint density at radius 3 is 2.70 bits per heavy atom.